The number of fused-ring (bicyclic) bond motifs is 1. The van der Waals surface area contributed by atoms with Gasteiger partial charge in [-0.2, -0.15) is 0 Å². The smallest absolute Gasteiger partial charge is 0.261 e. The van der Waals surface area contributed by atoms with Gasteiger partial charge in [-0.15, -0.1) is 0 Å². The van der Waals surface area contributed by atoms with Crippen molar-refractivity contribution in [3.05, 3.63) is 35.4 Å². The largest absolute Gasteiger partial charge is 0.352 e. The van der Waals surface area contributed by atoms with Gasteiger partial charge in [-0.3, -0.25) is 19.3 Å². The fraction of sp³-hybridized carbons (Fsp3) is 0.400. The maximum absolute atomic E-state index is 12.1. The summed E-state index contributed by atoms with van der Waals surface area (Å²) in [5.41, 5.74) is 0.549. The lowest BCUT2D eigenvalue weighted by Crippen LogP contribution is -2.41. The number of amides is 3. The number of imide groups is 1. The van der Waals surface area contributed by atoms with E-state index >= 15 is 0 Å². The van der Waals surface area contributed by atoms with Crippen molar-refractivity contribution >= 4 is 27.7 Å². The number of carbonyl (C=O) groups is 3. The molecule has 3 amide bonds. The molecular formula is C15H17N3O5S. The molecule has 2 N–H and O–H groups in total. The molecule has 0 saturated heterocycles. The third kappa shape index (κ3) is 3.62. The van der Waals surface area contributed by atoms with Gasteiger partial charge in [0.2, 0.25) is 15.9 Å². The average Bonchev–Trinajstić information content (AvgIpc) is 3.32. The van der Waals surface area contributed by atoms with Crippen LogP contribution in [0.5, 0.6) is 0 Å². The summed E-state index contributed by atoms with van der Waals surface area (Å²) in [7, 11) is -3.77. The first-order chi connectivity index (χ1) is 11.4. The molecule has 1 aromatic carbocycles. The van der Waals surface area contributed by atoms with E-state index in [4.69, 9.17) is 0 Å². The van der Waals surface area contributed by atoms with Gasteiger partial charge < -0.3 is 5.32 Å². The number of benzene rings is 1. The van der Waals surface area contributed by atoms with Gasteiger partial charge in [0.1, 0.15) is 0 Å². The highest BCUT2D eigenvalue weighted by atomic mass is 32.2. The van der Waals surface area contributed by atoms with Crippen molar-refractivity contribution in [2.45, 2.75) is 18.9 Å². The summed E-state index contributed by atoms with van der Waals surface area (Å²) in [5.74, 6) is -1.84. The number of nitrogens with zero attached hydrogens (tertiary/aromatic N) is 1. The summed E-state index contributed by atoms with van der Waals surface area (Å²) in [5, 5.41) is 2.67. The fourth-order valence-corrected chi connectivity index (χ4v) is 3.33. The van der Waals surface area contributed by atoms with Crippen LogP contribution >= 0.6 is 0 Å². The quantitative estimate of drug-likeness (QED) is 0.642. The molecule has 0 spiro atoms. The van der Waals surface area contributed by atoms with E-state index in [0.29, 0.717) is 0 Å². The minimum atomic E-state index is -3.77. The topological polar surface area (TPSA) is 113 Å². The normalized spacial score (nSPS) is 17.1. The zero-order chi connectivity index (χ0) is 17.3. The maximum Gasteiger partial charge on any atom is 0.261 e. The van der Waals surface area contributed by atoms with E-state index < -0.39 is 27.6 Å². The van der Waals surface area contributed by atoms with Gasteiger partial charge in [0, 0.05) is 12.6 Å². The van der Waals surface area contributed by atoms with Crippen LogP contribution in [-0.2, 0) is 14.8 Å². The number of sulfonamides is 1. The van der Waals surface area contributed by atoms with Gasteiger partial charge in [-0.05, 0) is 25.0 Å². The monoisotopic (exact) mass is 351 g/mol. The number of nitrogens with one attached hydrogen (secondary N) is 2. The second kappa shape index (κ2) is 6.33. The molecule has 9 heteroatoms. The molecule has 1 heterocycles. The highest BCUT2D eigenvalue weighted by Crippen LogP contribution is 2.22. The van der Waals surface area contributed by atoms with Gasteiger partial charge >= 0.3 is 0 Å². The molecule has 3 rings (SSSR count). The molecule has 2 aliphatic rings. The van der Waals surface area contributed by atoms with Crippen LogP contribution in [0, 0.1) is 0 Å². The fourth-order valence-electron chi connectivity index (χ4n) is 2.41. The minimum Gasteiger partial charge on any atom is -0.352 e. The summed E-state index contributed by atoms with van der Waals surface area (Å²) in [4.78, 5) is 36.7. The van der Waals surface area contributed by atoms with E-state index in [1.807, 2.05) is 0 Å². The molecule has 1 fully saturated rings. The van der Waals surface area contributed by atoms with Crippen molar-refractivity contribution in [3.8, 4) is 0 Å². The van der Waals surface area contributed by atoms with Crippen LogP contribution in [0.2, 0.25) is 0 Å². The van der Waals surface area contributed by atoms with Crippen molar-refractivity contribution in [1.29, 1.82) is 0 Å². The van der Waals surface area contributed by atoms with E-state index in [1.165, 1.54) is 12.1 Å². The van der Waals surface area contributed by atoms with Crippen molar-refractivity contribution in [2.24, 2.45) is 0 Å². The van der Waals surface area contributed by atoms with Crippen LogP contribution in [0.15, 0.2) is 24.3 Å². The van der Waals surface area contributed by atoms with E-state index in [-0.39, 0.29) is 36.2 Å². The molecule has 24 heavy (non-hydrogen) atoms. The van der Waals surface area contributed by atoms with Crippen LogP contribution in [0.3, 0.4) is 0 Å². The van der Waals surface area contributed by atoms with Crippen LogP contribution in [0.25, 0.3) is 0 Å². The Balaban J connectivity index is 1.54. The van der Waals surface area contributed by atoms with E-state index in [0.717, 1.165) is 17.7 Å². The molecule has 128 valence electrons. The lowest BCUT2D eigenvalue weighted by Gasteiger charge is -2.14. The molecule has 1 saturated carbocycles. The molecular weight excluding hydrogens is 334 g/mol. The first-order valence-corrected chi connectivity index (χ1v) is 9.24. The zero-order valence-corrected chi connectivity index (χ0v) is 13.6. The van der Waals surface area contributed by atoms with Gasteiger partial charge in [-0.25, -0.2) is 13.1 Å². The first-order valence-electron chi connectivity index (χ1n) is 7.59. The zero-order valence-electron chi connectivity index (χ0n) is 12.8. The Morgan fingerprint density at radius 1 is 1.12 bits per heavy atom. The molecule has 0 radical (unpaired) electrons. The van der Waals surface area contributed by atoms with Crippen molar-refractivity contribution < 1.29 is 22.8 Å². The van der Waals surface area contributed by atoms with Gasteiger partial charge in [-0.1, -0.05) is 12.1 Å². The Morgan fingerprint density at radius 2 is 1.71 bits per heavy atom. The third-order valence-corrected chi connectivity index (χ3v) is 5.16. The lowest BCUT2D eigenvalue weighted by molar-refractivity contribution is -0.120. The number of hydrogen-bond acceptors (Lipinski definition) is 5. The molecule has 0 unspecified atom stereocenters. The van der Waals surface area contributed by atoms with E-state index in [1.54, 1.807) is 12.1 Å². The molecule has 1 aliphatic carbocycles. The highest BCUT2D eigenvalue weighted by Gasteiger charge is 2.35. The first kappa shape index (κ1) is 16.6. The standard InChI is InChI=1S/C15H17N3O5S/c19-13(17-10-5-6-10)9-16-24(22,23)8-7-18-14(20)11-3-1-2-4-12(11)15(18)21/h1-4,10,16H,5-9H2,(H,17,19). The second-order valence-corrected chi connectivity index (χ2v) is 7.72. The second-order valence-electron chi connectivity index (χ2n) is 5.79. The predicted octanol–water partition coefficient (Wildman–Crippen LogP) is -0.519. The minimum absolute atomic E-state index is 0.153. The highest BCUT2D eigenvalue weighted by molar-refractivity contribution is 7.89. The number of rotatable bonds is 7. The molecule has 0 atom stereocenters. The van der Waals surface area contributed by atoms with E-state index in [2.05, 4.69) is 10.0 Å². The molecule has 1 aromatic rings. The molecule has 0 bridgehead atoms. The van der Waals surface area contributed by atoms with Crippen LogP contribution in [0.1, 0.15) is 33.6 Å². The number of hydrogen-bond donors (Lipinski definition) is 2. The lowest BCUT2D eigenvalue weighted by atomic mass is 10.1. The summed E-state index contributed by atoms with van der Waals surface area (Å²) < 4.78 is 26.1. The third-order valence-electron chi connectivity index (χ3n) is 3.86. The Labute approximate surface area is 139 Å². The van der Waals surface area contributed by atoms with Crippen LogP contribution in [-0.4, -0.2) is 55.9 Å². The summed E-state index contributed by atoms with van der Waals surface area (Å²) >= 11 is 0. The van der Waals surface area contributed by atoms with Crippen LogP contribution in [0.4, 0.5) is 0 Å². The molecule has 8 nitrogen and oxygen atoms in total. The van der Waals surface area contributed by atoms with Crippen LogP contribution < -0.4 is 10.0 Å². The summed E-state index contributed by atoms with van der Waals surface area (Å²) in [6.45, 7) is -0.604. The van der Waals surface area contributed by atoms with Gasteiger partial charge in [0.25, 0.3) is 11.8 Å². The Hall–Kier alpha value is -2.26. The average molecular weight is 351 g/mol. The van der Waals surface area contributed by atoms with Crippen molar-refractivity contribution in [3.63, 3.8) is 0 Å². The van der Waals surface area contributed by atoms with E-state index in [9.17, 15) is 22.8 Å². The Morgan fingerprint density at radius 3 is 2.25 bits per heavy atom. The predicted molar refractivity (Wildman–Crippen MR) is 84.8 cm³/mol. The van der Waals surface area contributed by atoms with Crippen molar-refractivity contribution in [2.75, 3.05) is 18.8 Å². The summed E-state index contributed by atoms with van der Waals surface area (Å²) in [6.07, 6.45) is 1.83. The maximum atomic E-state index is 12.1. The number of carbonyl (C=O) groups excluding carboxylic acids is 3. The molecule has 1 aliphatic heterocycles. The van der Waals surface area contributed by atoms with Gasteiger partial charge in [0.15, 0.2) is 0 Å². The van der Waals surface area contributed by atoms with Crippen molar-refractivity contribution in [1.82, 2.24) is 14.9 Å². The van der Waals surface area contributed by atoms with Gasteiger partial charge in [0.05, 0.1) is 23.4 Å². The molecule has 0 aromatic heterocycles. The SMILES string of the molecule is O=C(CNS(=O)(=O)CCN1C(=O)c2ccccc2C1=O)NC1CC1. The Kier molecular flexibility index (Phi) is 4.37. The Bertz CT molecular complexity index is 766. The summed E-state index contributed by atoms with van der Waals surface area (Å²) in [6, 6.07) is 6.50.